The lowest BCUT2D eigenvalue weighted by Gasteiger charge is -2.36. The van der Waals surface area contributed by atoms with Gasteiger partial charge in [0.25, 0.3) is 0 Å². The van der Waals surface area contributed by atoms with E-state index in [9.17, 15) is 0 Å². The molecule has 3 aromatic heterocycles. The van der Waals surface area contributed by atoms with Crippen molar-refractivity contribution in [1.82, 2.24) is 24.5 Å². The fraction of sp³-hybridized carbons (Fsp3) is 0.200. The average Bonchev–Trinajstić information content (AvgIpc) is 3.19. The summed E-state index contributed by atoms with van der Waals surface area (Å²) in [5, 5.41) is 0. The van der Waals surface area contributed by atoms with Crippen LogP contribution in [0.2, 0.25) is 0 Å². The molecule has 0 amide bonds. The molecule has 5 rings (SSSR count). The maximum Gasteiger partial charge on any atom is 0.167 e. The Bertz CT molecular complexity index is 1100. The van der Waals surface area contributed by atoms with Gasteiger partial charge in [-0.2, -0.15) is 0 Å². The number of imidazole rings is 1. The monoisotopic (exact) mass is 372 g/mol. The second-order valence-corrected chi connectivity index (χ2v) is 6.70. The van der Waals surface area contributed by atoms with E-state index in [0.29, 0.717) is 11.5 Å². The standard InChI is InChI=1S/C20H20N8/c21-18-19(27-11-9-26(10-12-27)17-7-3-4-8-22-17)23-13-24-20(18)28-14-25-15-5-1-2-6-16(15)28/h1-8,13-14H,9-12,21H2. The molecule has 28 heavy (non-hydrogen) atoms. The summed E-state index contributed by atoms with van der Waals surface area (Å²) in [5.74, 6) is 2.43. The van der Waals surface area contributed by atoms with E-state index in [1.165, 1.54) is 0 Å². The maximum atomic E-state index is 6.50. The smallest absolute Gasteiger partial charge is 0.167 e. The van der Waals surface area contributed by atoms with E-state index in [-0.39, 0.29) is 0 Å². The summed E-state index contributed by atoms with van der Waals surface area (Å²) >= 11 is 0. The van der Waals surface area contributed by atoms with E-state index < -0.39 is 0 Å². The highest BCUT2D eigenvalue weighted by atomic mass is 15.3. The fourth-order valence-corrected chi connectivity index (χ4v) is 3.64. The Kier molecular flexibility index (Phi) is 4.01. The van der Waals surface area contributed by atoms with E-state index in [1.54, 1.807) is 12.7 Å². The predicted octanol–water partition coefficient (Wildman–Crippen LogP) is 2.12. The van der Waals surface area contributed by atoms with Gasteiger partial charge in [0.05, 0.1) is 11.0 Å². The fourth-order valence-electron chi connectivity index (χ4n) is 3.64. The molecule has 0 radical (unpaired) electrons. The summed E-state index contributed by atoms with van der Waals surface area (Å²) in [7, 11) is 0. The van der Waals surface area contributed by atoms with Crippen LogP contribution in [0.25, 0.3) is 16.9 Å². The van der Waals surface area contributed by atoms with Gasteiger partial charge < -0.3 is 15.5 Å². The van der Waals surface area contributed by atoms with Gasteiger partial charge in [0.15, 0.2) is 11.6 Å². The molecule has 1 aliphatic heterocycles. The number of anilines is 3. The highest BCUT2D eigenvalue weighted by Crippen LogP contribution is 2.28. The number of pyridine rings is 1. The van der Waals surface area contributed by atoms with E-state index in [0.717, 1.165) is 48.8 Å². The molecule has 8 heteroatoms. The molecule has 1 aromatic carbocycles. The molecule has 0 atom stereocenters. The van der Waals surface area contributed by atoms with E-state index in [4.69, 9.17) is 5.73 Å². The van der Waals surface area contributed by atoms with Crippen LogP contribution >= 0.6 is 0 Å². The highest BCUT2D eigenvalue weighted by molar-refractivity contribution is 5.80. The average molecular weight is 372 g/mol. The van der Waals surface area contributed by atoms with Crippen molar-refractivity contribution in [2.24, 2.45) is 0 Å². The molecule has 1 fully saturated rings. The molecule has 0 bridgehead atoms. The van der Waals surface area contributed by atoms with Gasteiger partial charge in [-0.15, -0.1) is 0 Å². The summed E-state index contributed by atoms with van der Waals surface area (Å²) in [6, 6.07) is 13.9. The van der Waals surface area contributed by atoms with Gasteiger partial charge in [-0.3, -0.25) is 4.57 Å². The van der Waals surface area contributed by atoms with Crippen LogP contribution in [0.15, 0.2) is 61.3 Å². The van der Waals surface area contributed by atoms with Crippen LogP contribution in [0.4, 0.5) is 17.3 Å². The molecule has 1 saturated heterocycles. The molecule has 2 N–H and O–H groups in total. The van der Waals surface area contributed by atoms with E-state index in [1.807, 2.05) is 53.2 Å². The van der Waals surface area contributed by atoms with Gasteiger partial charge in [0.2, 0.25) is 0 Å². The Balaban J connectivity index is 1.42. The second kappa shape index (κ2) is 6.80. The van der Waals surface area contributed by atoms with E-state index >= 15 is 0 Å². The summed E-state index contributed by atoms with van der Waals surface area (Å²) in [6.45, 7) is 3.37. The van der Waals surface area contributed by atoms with Gasteiger partial charge in [-0.25, -0.2) is 19.9 Å². The van der Waals surface area contributed by atoms with Crippen molar-refractivity contribution in [3.8, 4) is 5.82 Å². The van der Waals surface area contributed by atoms with Gasteiger partial charge in [-0.05, 0) is 24.3 Å². The first kappa shape index (κ1) is 16.5. The largest absolute Gasteiger partial charge is 0.393 e. The number of nitrogens with zero attached hydrogens (tertiary/aromatic N) is 7. The number of hydrogen-bond acceptors (Lipinski definition) is 7. The Morgan fingerprint density at radius 1 is 0.750 bits per heavy atom. The van der Waals surface area contributed by atoms with Crippen LogP contribution in [-0.4, -0.2) is 50.7 Å². The van der Waals surface area contributed by atoms with Crippen LogP contribution < -0.4 is 15.5 Å². The lowest BCUT2D eigenvalue weighted by atomic mass is 10.2. The molecular formula is C20H20N8. The predicted molar refractivity (Wildman–Crippen MR) is 110 cm³/mol. The van der Waals surface area contributed by atoms with Gasteiger partial charge in [0.1, 0.15) is 24.2 Å². The maximum absolute atomic E-state index is 6.50. The van der Waals surface area contributed by atoms with Crippen molar-refractivity contribution in [1.29, 1.82) is 0 Å². The first-order valence-corrected chi connectivity index (χ1v) is 9.25. The van der Waals surface area contributed by atoms with Crippen LogP contribution in [-0.2, 0) is 0 Å². The first-order valence-electron chi connectivity index (χ1n) is 9.25. The van der Waals surface area contributed by atoms with Crippen LogP contribution in [0.1, 0.15) is 0 Å². The molecule has 1 aliphatic rings. The number of rotatable bonds is 3. The summed E-state index contributed by atoms with van der Waals surface area (Å²) in [5.41, 5.74) is 8.95. The molecule has 0 spiro atoms. The van der Waals surface area contributed by atoms with Gasteiger partial charge in [0, 0.05) is 32.4 Å². The number of nitrogen functional groups attached to an aromatic ring is 1. The lowest BCUT2D eigenvalue weighted by Crippen LogP contribution is -2.47. The quantitative estimate of drug-likeness (QED) is 0.589. The van der Waals surface area contributed by atoms with Crippen molar-refractivity contribution < 1.29 is 0 Å². The number of aromatic nitrogens is 5. The zero-order chi connectivity index (χ0) is 18.9. The lowest BCUT2D eigenvalue weighted by molar-refractivity contribution is 0.641. The molecule has 0 aliphatic carbocycles. The zero-order valence-corrected chi connectivity index (χ0v) is 15.3. The summed E-state index contributed by atoms with van der Waals surface area (Å²) in [6.07, 6.45) is 5.15. The van der Waals surface area contributed by atoms with E-state index in [2.05, 4.69) is 29.7 Å². The van der Waals surface area contributed by atoms with Gasteiger partial charge in [-0.1, -0.05) is 18.2 Å². The summed E-state index contributed by atoms with van der Waals surface area (Å²) in [4.78, 5) is 22.3. The first-order chi connectivity index (χ1) is 13.8. The van der Waals surface area contributed by atoms with Crippen LogP contribution in [0.5, 0.6) is 0 Å². The van der Waals surface area contributed by atoms with Crippen molar-refractivity contribution in [3.05, 3.63) is 61.3 Å². The third-order valence-corrected chi connectivity index (χ3v) is 5.08. The number of para-hydroxylation sites is 2. The van der Waals surface area contributed by atoms with Crippen molar-refractivity contribution in [2.75, 3.05) is 41.7 Å². The Labute approximate surface area is 162 Å². The van der Waals surface area contributed by atoms with Crippen molar-refractivity contribution in [3.63, 3.8) is 0 Å². The molecule has 8 nitrogen and oxygen atoms in total. The minimum atomic E-state index is 0.567. The molecule has 0 saturated carbocycles. The third-order valence-electron chi connectivity index (χ3n) is 5.08. The van der Waals surface area contributed by atoms with Crippen LogP contribution in [0.3, 0.4) is 0 Å². The normalized spacial score (nSPS) is 14.6. The Hall–Kier alpha value is -3.68. The van der Waals surface area contributed by atoms with Crippen LogP contribution in [0, 0.1) is 0 Å². The number of benzene rings is 1. The number of nitrogens with two attached hydrogens (primary N) is 1. The molecule has 4 aromatic rings. The Morgan fingerprint density at radius 3 is 2.32 bits per heavy atom. The molecule has 140 valence electrons. The molecule has 4 heterocycles. The van der Waals surface area contributed by atoms with Crippen molar-refractivity contribution >= 4 is 28.4 Å². The topological polar surface area (TPSA) is 89.0 Å². The Morgan fingerprint density at radius 2 is 1.50 bits per heavy atom. The SMILES string of the molecule is Nc1c(N2CCN(c3ccccn3)CC2)ncnc1-n1cnc2ccccc21. The van der Waals surface area contributed by atoms with Gasteiger partial charge >= 0.3 is 0 Å². The second-order valence-electron chi connectivity index (χ2n) is 6.70. The molecule has 0 unspecified atom stereocenters. The zero-order valence-electron chi connectivity index (χ0n) is 15.3. The number of fused-ring (bicyclic) bond motifs is 1. The van der Waals surface area contributed by atoms with Crippen molar-refractivity contribution in [2.45, 2.75) is 0 Å². The summed E-state index contributed by atoms with van der Waals surface area (Å²) < 4.78 is 1.92. The third kappa shape index (κ3) is 2.79. The number of piperazine rings is 1. The number of hydrogen-bond donors (Lipinski definition) is 1. The minimum Gasteiger partial charge on any atom is -0.393 e. The minimum absolute atomic E-state index is 0.567. The molecular weight excluding hydrogens is 352 g/mol. The highest BCUT2D eigenvalue weighted by Gasteiger charge is 2.22.